The molecule has 1 aliphatic carbocycles. The number of rotatable bonds is 3. The maximum absolute atomic E-state index is 12.6. The SMILES string of the molecule is Cc1ccccc1[C@@H]1C[C@@H](C)N(C(=O)CC2(N)CCC2)C1. The largest absolute Gasteiger partial charge is 0.339 e. The second-order valence-corrected chi connectivity index (χ2v) is 7.08. The molecule has 3 rings (SSSR count). The molecule has 1 aliphatic heterocycles. The lowest BCUT2D eigenvalue weighted by atomic mass is 9.75. The van der Waals surface area contributed by atoms with Gasteiger partial charge in [-0.05, 0) is 50.7 Å². The van der Waals surface area contributed by atoms with E-state index in [1.165, 1.54) is 17.5 Å². The molecule has 3 nitrogen and oxygen atoms in total. The van der Waals surface area contributed by atoms with E-state index in [4.69, 9.17) is 5.73 Å². The molecule has 21 heavy (non-hydrogen) atoms. The lowest BCUT2D eigenvalue weighted by molar-refractivity contribution is -0.133. The number of likely N-dealkylation sites (tertiary alicyclic amines) is 1. The number of hydrogen-bond acceptors (Lipinski definition) is 2. The van der Waals surface area contributed by atoms with Gasteiger partial charge < -0.3 is 10.6 Å². The van der Waals surface area contributed by atoms with Gasteiger partial charge in [-0.25, -0.2) is 0 Å². The van der Waals surface area contributed by atoms with E-state index >= 15 is 0 Å². The third kappa shape index (κ3) is 2.84. The predicted molar refractivity (Wildman–Crippen MR) is 85.1 cm³/mol. The Morgan fingerprint density at radius 1 is 1.38 bits per heavy atom. The van der Waals surface area contributed by atoms with E-state index < -0.39 is 0 Å². The number of carbonyl (C=O) groups excluding carboxylic acids is 1. The van der Waals surface area contributed by atoms with Gasteiger partial charge in [-0.3, -0.25) is 4.79 Å². The van der Waals surface area contributed by atoms with Crippen LogP contribution in [0, 0.1) is 6.92 Å². The summed E-state index contributed by atoms with van der Waals surface area (Å²) in [4.78, 5) is 14.6. The molecule has 0 bridgehead atoms. The van der Waals surface area contributed by atoms with Crippen molar-refractivity contribution in [2.45, 2.75) is 63.5 Å². The van der Waals surface area contributed by atoms with Gasteiger partial charge in [0.25, 0.3) is 0 Å². The van der Waals surface area contributed by atoms with Crippen molar-refractivity contribution in [3.8, 4) is 0 Å². The average molecular weight is 286 g/mol. The number of benzene rings is 1. The first-order chi connectivity index (χ1) is 9.98. The number of nitrogens with two attached hydrogens (primary N) is 1. The number of nitrogens with zero attached hydrogens (tertiary/aromatic N) is 1. The molecule has 1 saturated heterocycles. The summed E-state index contributed by atoms with van der Waals surface area (Å²) in [6.07, 6.45) is 4.77. The molecular weight excluding hydrogens is 260 g/mol. The van der Waals surface area contributed by atoms with Crippen LogP contribution in [0.3, 0.4) is 0 Å². The van der Waals surface area contributed by atoms with Gasteiger partial charge in [-0.15, -0.1) is 0 Å². The Balaban J connectivity index is 1.68. The van der Waals surface area contributed by atoms with Gasteiger partial charge in [0, 0.05) is 30.5 Å². The van der Waals surface area contributed by atoms with E-state index in [-0.39, 0.29) is 11.4 Å². The summed E-state index contributed by atoms with van der Waals surface area (Å²) in [6.45, 7) is 5.18. The van der Waals surface area contributed by atoms with E-state index in [2.05, 4.69) is 43.0 Å². The maximum atomic E-state index is 12.6. The molecule has 1 heterocycles. The third-order valence-electron chi connectivity index (χ3n) is 5.38. The molecule has 3 heteroatoms. The van der Waals surface area contributed by atoms with Crippen LogP contribution in [-0.4, -0.2) is 28.9 Å². The summed E-state index contributed by atoms with van der Waals surface area (Å²) in [5.41, 5.74) is 8.75. The fourth-order valence-electron chi connectivity index (χ4n) is 3.86. The fraction of sp³-hybridized carbons (Fsp3) is 0.611. The second-order valence-electron chi connectivity index (χ2n) is 7.08. The molecule has 1 amide bonds. The Bertz CT molecular complexity index is 536. The molecule has 2 atom stereocenters. The minimum Gasteiger partial charge on any atom is -0.339 e. The summed E-state index contributed by atoms with van der Waals surface area (Å²) in [5.74, 6) is 0.723. The van der Waals surface area contributed by atoms with Crippen molar-refractivity contribution in [1.29, 1.82) is 0 Å². The molecule has 1 aromatic carbocycles. The monoisotopic (exact) mass is 286 g/mol. The van der Waals surface area contributed by atoms with E-state index in [1.807, 2.05) is 0 Å². The van der Waals surface area contributed by atoms with Gasteiger partial charge in [0.15, 0.2) is 0 Å². The van der Waals surface area contributed by atoms with Crippen LogP contribution < -0.4 is 5.73 Å². The Hall–Kier alpha value is -1.35. The highest BCUT2D eigenvalue weighted by molar-refractivity contribution is 5.78. The van der Waals surface area contributed by atoms with Gasteiger partial charge in [0.1, 0.15) is 0 Å². The summed E-state index contributed by atoms with van der Waals surface area (Å²) in [5, 5.41) is 0. The van der Waals surface area contributed by atoms with Crippen molar-refractivity contribution in [1.82, 2.24) is 4.90 Å². The quantitative estimate of drug-likeness (QED) is 0.928. The van der Waals surface area contributed by atoms with Crippen LogP contribution in [0.5, 0.6) is 0 Å². The standard InChI is InChI=1S/C18H26N2O/c1-13-6-3-4-7-16(13)15-10-14(2)20(12-15)17(21)11-18(19)8-5-9-18/h3-4,6-7,14-15H,5,8-12,19H2,1-2H3/t14-,15-/m1/s1. The van der Waals surface area contributed by atoms with Crippen molar-refractivity contribution in [2.24, 2.45) is 5.73 Å². The van der Waals surface area contributed by atoms with Crippen LogP contribution in [0.1, 0.15) is 56.1 Å². The highest BCUT2D eigenvalue weighted by atomic mass is 16.2. The highest BCUT2D eigenvalue weighted by Crippen LogP contribution is 2.36. The van der Waals surface area contributed by atoms with Gasteiger partial charge in [-0.2, -0.15) is 0 Å². The molecular formula is C18H26N2O. The summed E-state index contributed by atoms with van der Waals surface area (Å²) >= 11 is 0. The molecule has 2 aliphatic rings. The number of carbonyl (C=O) groups is 1. The second kappa shape index (κ2) is 5.45. The van der Waals surface area contributed by atoms with Crippen LogP contribution in [-0.2, 0) is 4.79 Å². The Kier molecular flexibility index (Phi) is 3.78. The molecule has 2 fully saturated rings. The highest BCUT2D eigenvalue weighted by Gasteiger charge is 2.39. The molecule has 114 valence electrons. The summed E-state index contributed by atoms with van der Waals surface area (Å²) < 4.78 is 0. The van der Waals surface area contributed by atoms with Crippen molar-refractivity contribution in [3.63, 3.8) is 0 Å². The average Bonchev–Trinajstić information content (AvgIpc) is 2.79. The first kappa shape index (κ1) is 14.6. The molecule has 0 aromatic heterocycles. The molecule has 2 N–H and O–H groups in total. The lowest BCUT2D eigenvalue weighted by Crippen LogP contribution is -2.51. The number of aryl methyl sites for hydroxylation is 1. The Labute approximate surface area is 127 Å². The van der Waals surface area contributed by atoms with Gasteiger partial charge in [-0.1, -0.05) is 24.3 Å². The van der Waals surface area contributed by atoms with Crippen LogP contribution in [0.15, 0.2) is 24.3 Å². The summed E-state index contributed by atoms with van der Waals surface area (Å²) in [6, 6.07) is 8.87. The van der Waals surface area contributed by atoms with Crippen molar-refractivity contribution >= 4 is 5.91 Å². The smallest absolute Gasteiger partial charge is 0.224 e. The third-order valence-corrected chi connectivity index (χ3v) is 5.38. The minimum atomic E-state index is -0.211. The normalized spacial score (nSPS) is 27.5. The number of amides is 1. The van der Waals surface area contributed by atoms with Crippen LogP contribution in [0.25, 0.3) is 0 Å². The maximum Gasteiger partial charge on any atom is 0.224 e. The van der Waals surface area contributed by atoms with Crippen molar-refractivity contribution in [3.05, 3.63) is 35.4 Å². The van der Waals surface area contributed by atoms with Crippen LogP contribution in [0.4, 0.5) is 0 Å². The Morgan fingerprint density at radius 2 is 2.10 bits per heavy atom. The number of hydrogen-bond donors (Lipinski definition) is 1. The van der Waals surface area contributed by atoms with E-state index in [0.29, 0.717) is 18.4 Å². The molecule has 1 aromatic rings. The zero-order chi connectivity index (χ0) is 15.0. The predicted octanol–water partition coefficient (Wildman–Crippen LogP) is 2.97. The van der Waals surface area contributed by atoms with E-state index in [1.54, 1.807) is 0 Å². The molecule has 0 unspecified atom stereocenters. The Morgan fingerprint density at radius 3 is 2.71 bits per heavy atom. The van der Waals surface area contributed by atoms with E-state index in [9.17, 15) is 4.79 Å². The van der Waals surface area contributed by atoms with Crippen molar-refractivity contribution in [2.75, 3.05) is 6.54 Å². The first-order valence-corrected chi connectivity index (χ1v) is 8.12. The van der Waals surface area contributed by atoms with Crippen molar-refractivity contribution < 1.29 is 4.79 Å². The first-order valence-electron chi connectivity index (χ1n) is 8.12. The summed E-state index contributed by atoms with van der Waals surface area (Å²) in [7, 11) is 0. The minimum absolute atomic E-state index is 0.211. The molecule has 0 radical (unpaired) electrons. The topological polar surface area (TPSA) is 46.3 Å². The zero-order valence-corrected chi connectivity index (χ0v) is 13.1. The van der Waals surface area contributed by atoms with Gasteiger partial charge in [0.05, 0.1) is 0 Å². The molecule has 1 saturated carbocycles. The lowest BCUT2D eigenvalue weighted by Gasteiger charge is -2.39. The fourth-order valence-corrected chi connectivity index (χ4v) is 3.86. The van der Waals surface area contributed by atoms with Crippen LogP contribution >= 0.6 is 0 Å². The molecule has 0 spiro atoms. The van der Waals surface area contributed by atoms with Crippen LogP contribution in [0.2, 0.25) is 0 Å². The zero-order valence-electron chi connectivity index (χ0n) is 13.1. The van der Waals surface area contributed by atoms with Gasteiger partial charge >= 0.3 is 0 Å². The van der Waals surface area contributed by atoms with Gasteiger partial charge in [0.2, 0.25) is 5.91 Å². The van der Waals surface area contributed by atoms with E-state index in [0.717, 1.165) is 25.8 Å².